The highest BCUT2D eigenvalue weighted by molar-refractivity contribution is 7.84. The molecule has 0 heterocycles. The topological polar surface area (TPSA) is 0 Å². The standard InChI is InChI=1S/C19H30S/c1-14(20)15(13-17(2,3)4)16-11-9-10-12-19(16,8)18(5,6)7/h9-12,20H,1,13H2,2-8H3/b16-15-. The fourth-order valence-corrected chi connectivity index (χ4v) is 2.81. The van der Waals surface area contributed by atoms with E-state index in [1.54, 1.807) is 0 Å². The highest BCUT2D eigenvalue weighted by Gasteiger charge is 2.40. The molecular weight excluding hydrogens is 260 g/mol. The predicted octanol–water partition coefficient (Wildman–Crippen LogP) is 6.34. The van der Waals surface area contributed by atoms with E-state index < -0.39 is 0 Å². The highest BCUT2D eigenvalue weighted by atomic mass is 32.1. The molecule has 1 heteroatoms. The van der Waals surface area contributed by atoms with Gasteiger partial charge in [0, 0.05) is 10.3 Å². The largest absolute Gasteiger partial charge is 0.144 e. The van der Waals surface area contributed by atoms with Crippen LogP contribution in [0.25, 0.3) is 0 Å². The molecule has 0 fully saturated rings. The first-order chi connectivity index (χ1) is 8.88. The summed E-state index contributed by atoms with van der Waals surface area (Å²) in [6, 6.07) is 0. The lowest BCUT2D eigenvalue weighted by molar-refractivity contribution is 0.214. The molecule has 0 aromatic rings. The molecule has 0 amide bonds. The molecule has 0 saturated heterocycles. The number of hydrogen-bond acceptors (Lipinski definition) is 1. The molecule has 0 aromatic heterocycles. The quantitative estimate of drug-likeness (QED) is 0.563. The van der Waals surface area contributed by atoms with Gasteiger partial charge in [-0.3, -0.25) is 0 Å². The molecule has 1 rings (SSSR count). The fraction of sp³-hybridized carbons (Fsp3) is 0.579. The monoisotopic (exact) mass is 290 g/mol. The average molecular weight is 291 g/mol. The van der Waals surface area contributed by atoms with Gasteiger partial charge in [0.25, 0.3) is 0 Å². The van der Waals surface area contributed by atoms with Gasteiger partial charge < -0.3 is 0 Å². The molecule has 0 spiro atoms. The summed E-state index contributed by atoms with van der Waals surface area (Å²) in [6.07, 6.45) is 9.84. The maximum atomic E-state index is 4.58. The molecule has 1 unspecified atom stereocenters. The maximum absolute atomic E-state index is 4.58. The molecular formula is C19H30S. The van der Waals surface area contributed by atoms with Crippen LogP contribution >= 0.6 is 12.6 Å². The van der Waals surface area contributed by atoms with Gasteiger partial charge in [-0.15, -0.1) is 12.6 Å². The predicted molar refractivity (Wildman–Crippen MR) is 95.1 cm³/mol. The van der Waals surface area contributed by atoms with Gasteiger partial charge in [0.1, 0.15) is 0 Å². The maximum Gasteiger partial charge on any atom is 0.0158 e. The van der Waals surface area contributed by atoms with E-state index in [0.29, 0.717) is 0 Å². The van der Waals surface area contributed by atoms with Crippen molar-refractivity contribution in [3.05, 3.63) is 46.9 Å². The Balaban J connectivity index is 3.49. The van der Waals surface area contributed by atoms with Gasteiger partial charge >= 0.3 is 0 Å². The average Bonchev–Trinajstić information content (AvgIpc) is 2.24. The molecule has 1 aliphatic carbocycles. The second-order valence-corrected chi connectivity index (χ2v) is 8.79. The Morgan fingerprint density at radius 2 is 1.70 bits per heavy atom. The third kappa shape index (κ3) is 3.69. The first kappa shape index (κ1) is 17.4. The van der Waals surface area contributed by atoms with E-state index in [4.69, 9.17) is 0 Å². The highest BCUT2D eigenvalue weighted by Crippen LogP contribution is 2.50. The van der Waals surface area contributed by atoms with Crippen LogP contribution in [0.5, 0.6) is 0 Å². The lowest BCUT2D eigenvalue weighted by atomic mass is 9.60. The van der Waals surface area contributed by atoms with Crippen molar-refractivity contribution < 1.29 is 0 Å². The van der Waals surface area contributed by atoms with Gasteiger partial charge in [0.15, 0.2) is 0 Å². The third-order valence-electron chi connectivity index (χ3n) is 4.30. The van der Waals surface area contributed by atoms with E-state index >= 15 is 0 Å². The Hall–Kier alpha value is -0.690. The van der Waals surface area contributed by atoms with Crippen LogP contribution in [0.1, 0.15) is 54.9 Å². The summed E-state index contributed by atoms with van der Waals surface area (Å²) in [7, 11) is 0. The van der Waals surface area contributed by atoms with Gasteiger partial charge in [0.05, 0.1) is 0 Å². The summed E-state index contributed by atoms with van der Waals surface area (Å²) < 4.78 is 0. The molecule has 0 aliphatic heterocycles. The second kappa shape index (κ2) is 5.60. The summed E-state index contributed by atoms with van der Waals surface area (Å²) in [6.45, 7) is 20.1. The summed E-state index contributed by atoms with van der Waals surface area (Å²) in [4.78, 5) is 0.894. The molecule has 0 nitrogen and oxygen atoms in total. The zero-order valence-electron chi connectivity index (χ0n) is 14.2. The van der Waals surface area contributed by atoms with Gasteiger partial charge in [-0.1, -0.05) is 79.3 Å². The lowest BCUT2D eigenvalue weighted by Crippen LogP contribution is -2.34. The first-order valence-corrected chi connectivity index (χ1v) is 7.81. The summed E-state index contributed by atoms with van der Waals surface area (Å²) in [5.74, 6) is 0. The van der Waals surface area contributed by atoms with E-state index in [9.17, 15) is 0 Å². The Morgan fingerprint density at radius 3 is 2.10 bits per heavy atom. The number of allylic oxidation sites excluding steroid dienone is 6. The number of rotatable bonds is 2. The Labute approximate surface area is 131 Å². The minimum Gasteiger partial charge on any atom is -0.144 e. The second-order valence-electron chi connectivity index (χ2n) is 8.25. The van der Waals surface area contributed by atoms with Gasteiger partial charge in [-0.2, -0.15) is 0 Å². The van der Waals surface area contributed by atoms with Crippen LogP contribution in [0.2, 0.25) is 0 Å². The van der Waals surface area contributed by atoms with E-state index in [2.05, 4.69) is 92.0 Å². The molecule has 0 bridgehead atoms. The van der Waals surface area contributed by atoms with Crippen LogP contribution in [-0.2, 0) is 0 Å². The van der Waals surface area contributed by atoms with E-state index in [1.165, 1.54) is 11.1 Å². The van der Waals surface area contributed by atoms with Crippen LogP contribution in [0.3, 0.4) is 0 Å². The normalized spacial score (nSPS) is 25.8. The van der Waals surface area contributed by atoms with Crippen molar-refractivity contribution in [2.45, 2.75) is 54.9 Å². The van der Waals surface area contributed by atoms with Gasteiger partial charge in [0.2, 0.25) is 0 Å². The lowest BCUT2D eigenvalue weighted by Gasteiger charge is -2.44. The van der Waals surface area contributed by atoms with Crippen molar-refractivity contribution in [1.29, 1.82) is 0 Å². The molecule has 20 heavy (non-hydrogen) atoms. The van der Waals surface area contributed by atoms with Crippen molar-refractivity contribution in [2.24, 2.45) is 16.2 Å². The zero-order valence-corrected chi connectivity index (χ0v) is 15.1. The number of thiol groups is 1. The van der Waals surface area contributed by atoms with E-state index in [-0.39, 0.29) is 16.2 Å². The number of hydrogen-bond donors (Lipinski definition) is 1. The fourth-order valence-electron chi connectivity index (χ4n) is 2.61. The van der Waals surface area contributed by atoms with Crippen LogP contribution < -0.4 is 0 Å². The summed E-state index contributed by atoms with van der Waals surface area (Å²) in [5.41, 5.74) is 3.03. The molecule has 0 radical (unpaired) electrons. The molecule has 1 aliphatic rings. The van der Waals surface area contributed by atoms with Gasteiger partial charge in [-0.25, -0.2) is 0 Å². The van der Waals surface area contributed by atoms with Crippen molar-refractivity contribution in [1.82, 2.24) is 0 Å². The van der Waals surface area contributed by atoms with E-state index in [0.717, 1.165) is 11.3 Å². The van der Waals surface area contributed by atoms with Crippen molar-refractivity contribution >= 4 is 12.6 Å². The molecule has 0 N–H and O–H groups in total. The summed E-state index contributed by atoms with van der Waals surface area (Å²) in [5, 5.41) is 0. The zero-order chi connectivity index (χ0) is 15.8. The molecule has 0 aromatic carbocycles. The Kier molecular flexibility index (Phi) is 4.86. The minimum absolute atomic E-state index is 0.00794. The van der Waals surface area contributed by atoms with E-state index in [1.807, 2.05) is 0 Å². The van der Waals surface area contributed by atoms with Gasteiger partial charge in [-0.05, 0) is 28.4 Å². The van der Waals surface area contributed by atoms with Crippen LogP contribution in [0.15, 0.2) is 46.9 Å². The molecule has 1 atom stereocenters. The Bertz CT molecular complexity index is 475. The smallest absolute Gasteiger partial charge is 0.0158 e. The van der Waals surface area contributed by atoms with Crippen molar-refractivity contribution in [3.63, 3.8) is 0 Å². The Morgan fingerprint density at radius 1 is 1.15 bits per heavy atom. The molecule has 0 saturated carbocycles. The molecule has 112 valence electrons. The summed E-state index contributed by atoms with van der Waals surface area (Å²) >= 11 is 4.58. The van der Waals surface area contributed by atoms with Crippen molar-refractivity contribution in [3.8, 4) is 0 Å². The van der Waals surface area contributed by atoms with Crippen LogP contribution in [-0.4, -0.2) is 0 Å². The SMILES string of the molecule is C=C(S)/C(CC(C)(C)C)=C1/C=CC=CC1(C)C(C)(C)C. The van der Waals surface area contributed by atoms with Crippen molar-refractivity contribution in [2.75, 3.05) is 0 Å². The van der Waals surface area contributed by atoms with Crippen LogP contribution in [0.4, 0.5) is 0 Å². The minimum atomic E-state index is 0.00794. The first-order valence-electron chi connectivity index (χ1n) is 7.36. The van der Waals surface area contributed by atoms with Crippen LogP contribution in [0, 0.1) is 16.2 Å². The third-order valence-corrected chi connectivity index (χ3v) is 4.57.